The van der Waals surface area contributed by atoms with Gasteiger partial charge in [-0.25, -0.2) is 0 Å². The average Bonchev–Trinajstić information content (AvgIpc) is 2.30. The maximum Gasteiger partial charge on any atom is 0.236 e. The Morgan fingerprint density at radius 2 is 1.94 bits per heavy atom. The third kappa shape index (κ3) is 4.49. The van der Waals surface area contributed by atoms with Gasteiger partial charge in [0.05, 0.1) is 12.1 Å². The van der Waals surface area contributed by atoms with Gasteiger partial charge in [0.25, 0.3) is 0 Å². The van der Waals surface area contributed by atoms with Gasteiger partial charge in [-0.05, 0) is 33.1 Å². The van der Waals surface area contributed by atoms with E-state index in [1.165, 1.54) is 6.42 Å². The third-order valence-corrected chi connectivity index (χ3v) is 3.09. The van der Waals surface area contributed by atoms with Crippen LogP contribution in [0.4, 0.5) is 0 Å². The summed E-state index contributed by atoms with van der Waals surface area (Å²) in [7, 11) is 1.69. The summed E-state index contributed by atoms with van der Waals surface area (Å²) in [5, 5.41) is 3.16. The minimum Gasteiger partial charge on any atom is -0.377 e. The number of nitrogens with zero attached hydrogens (tertiary/aromatic N) is 1. The normalized spacial score (nSPS) is 17.6. The first kappa shape index (κ1) is 13.5. The topological polar surface area (TPSA) is 41.6 Å². The zero-order valence-corrected chi connectivity index (χ0v) is 10.7. The van der Waals surface area contributed by atoms with Gasteiger partial charge in [0, 0.05) is 26.7 Å². The van der Waals surface area contributed by atoms with Crippen LogP contribution in [0.1, 0.15) is 33.1 Å². The quantitative estimate of drug-likeness (QED) is 0.763. The van der Waals surface area contributed by atoms with Crippen LogP contribution < -0.4 is 5.32 Å². The van der Waals surface area contributed by atoms with Crippen molar-refractivity contribution in [2.75, 3.05) is 33.3 Å². The third-order valence-electron chi connectivity index (χ3n) is 3.09. The monoisotopic (exact) mass is 228 g/mol. The molecule has 1 aliphatic rings. The molecule has 0 bridgehead atoms. The SMILES string of the molecule is COC(C)(C)CNCC(=O)N1CCCCC1. The highest BCUT2D eigenvalue weighted by molar-refractivity contribution is 5.78. The summed E-state index contributed by atoms with van der Waals surface area (Å²) >= 11 is 0. The molecular formula is C12H24N2O2. The van der Waals surface area contributed by atoms with Crippen molar-refractivity contribution in [1.29, 1.82) is 0 Å². The molecule has 0 aromatic heterocycles. The number of carbonyl (C=O) groups excluding carboxylic acids is 1. The van der Waals surface area contributed by atoms with Gasteiger partial charge >= 0.3 is 0 Å². The summed E-state index contributed by atoms with van der Waals surface area (Å²) in [5.41, 5.74) is -0.206. The van der Waals surface area contributed by atoms with Crippen molar-refractivity contribution in [2.45, 2.75) is 38.7 Å². The Kier molecular flexibility index (Phi) is 5.22. The summed E-state index contributed by atoms with van der Waals surface area (Å²) in [6.45, 7) is 6.98. The molecule has 1 saturated heterocycles. The van der Waals surface area contributed by atoms with Gasteiger partial charge in [0.1, 0.15) is 0 Å². The molecule has 1 heterocycles. The summed E-state index contributed by atoms with van der Waals surface area (Å²) in [6, 6.07) is 0. The molecule has 1 amide bonds. The van der Waals surface area contributed by atoms with Crippen LogP contribution in [-0.2, 0) is 9.53 Å². The number of piperidine rings is 1. The highest BCUT2D eigenvalue weighted by atomic mass is 16.5. The van der Waals surface area contributed by atoms with Crippen molar-refractivity contribution in [2.24, 2.45) is 0 Å². The zero-order chi connectivity index (χ0) is 12.0. The standard InChI is InChI=1S/C12H24N2O2/c1-12(2,16-3)10-13-9-11(15)14-7-5-4-6-8-14/h13H,4-10H2,1-3H3. The first-order valence-corrected chi connectivity index (χ1v) is 6.09. The molecule has 0 aromatic carbocycles. The molecule has 0 atom stereocenters. The number of hydrogen-bond acceptors (Lipinski definition) is 3. The lowest BCUT2D eigenvalue weighted by Gasteiger charge is -2.28. The van der Waals surface area contributed by atoms with E-state index >= 15 is 0 Å². The smallest absolute Gasteiger partial charge is 0.236 e. The Labute approximate surface area is 98.3 Å². The summed E-state index contributed by atoms with van der Waals surface area (Å²) in [6.07, 6.45) is 3.55. The number of carbonyl (C=O) groups is 1. The molecule has 0 spiro atoms. The maximum absolute atomic E-state index is 11.8. The van der Waals surface area contributed by atoms with Crippen molar-refractivity contribution < 1.29 is 9.53 Å². The van der Waals surface area contributed by atoms with E-state index in [0.29, 0.717) is 13.1 Å². The van der Waals surface area contributed by atoms with Gasteiger partial charge in [0.15, 0.2) is 0 Å². The molecule has 1 fully saturated rings. The van der Waals surface area contributed by atoms with Crippen molar-refractivity contribution >= 4 is 5.91 Å². The minimum absolute atomic E-state index is 0.206. The Morgan fingerprint density at radius 3 is 2.50 bits per heavy atom. The highest BCUT2D eigenvalue weighted by Crippen LogP contribution is 2.08. The molecular weight excluding hydrogens is 204 g/mol. The fourth-order valence-corrected chi connectivity index (χ4v) is 1.80. The Morgan fingerprint density at radius 1 is 1.31 bits per heavy atom. The summed E-state index contributed by atoms with van der Waals surface area (Å²) in [4.78, 5) is 13.7. The van der Waals surface area contributed by atoms with E-state index in [1.54, 1.807) is 7.11 Å². The second-order valence-corrected chi connectivity index (χ2v) is 5.01. The second-order valence-electron chi connectivity index (χ2n) is 5.01. The lowest BCUT2D eigenvalue weighted by molar-refractivity contribution is -0.131. The van der Waals surface area contributed by atoms with Crippen LogP contribution in [0.3, 0.4) is 0 Å². The molecule has 0 radical (unpaired) electrons. The van der Waals surface area contributed by atoms with Gasteiger partial charge in [-0.15, -0.1) is 0 Å². The van der Waals surface area contributed by atoms with Crippen LogP contribution in [0.5, 0.6) is 0 Å². The number of hydrogen-bond donors (Lipinski definition) is 1. The van der Waals surface area contributed by atoms with Crippen LogP contribution in [0.15, 0.2) is 0 Å². The van der Waals surface area contributed by atoms with Crippen molar-refractivity contribution in [3.63, 3.8) is 0 Å². The summed E-state index contributed by atoms with van der Waals surface area (Å²) < 4.78 is 5.28. The van der Waals surface area contributed by atoms with Gasteiger partial charge in [-0.1, -0.05) is 0 Å². The predicted octanol–water partition coefficient (Wildman–Crippen LogP) is 1.01. The maximum atomic E-state index is 11.8. The van der Waals surface area contributed by atoms with E-state index in [9.17, 15) is 4.79 Å². The number of nitrogens with one attached hydrogen (secondary N) is 1. The molecule has 1 N–H and O–H groups in total. The average molecular weight is 228 g/mol. The Balaban J connectivity index is 2.19. The molecule has 4 nitrogen and oxygen atoms in total. The van der Waals surface area contributed by atoms with E-state index in [0.717, 1.165) is 25.9 Å². The molecule has 0 unspecified atom stereocenters. The van der Waals surface area contributed by atoms with E-state index in [2.05, 4.69) is 5.32 Å². The van der Waals surface area contributed by atoms with Crippen LogP contribution in [0, 0.1) is 0 Å². The van der Waals surface area contributed by atoms with Crippen LogP contribution in [-0.4, -0.2) is 49.7 Å². The lowest BCUT2D eigenvalue weighted by Crippen LogP contribution is -2.44. The van der Waals surface area contributed by atoms with Crippen LogP contribution >= 0.6 is 0 Å². The summed E-state index contributed by atoms with van der Waals surface area (Å²) in [5.74, 6) is 0.214. The Hall–Kier alpha value is -0.610. The minimum atomic E-state index is -0.206. The molecule has 4 heteroatoms. The van der Waals surface area contributed by atoms with Gasteiger partial charge in [-0.2, -0.15) is 0 Å². The van der Waals surface area contributed by atoms with E-state index in [-0.39, 0.29) is 11.5 Å². The van der Waals surface area contributed by atoms with E-state index in [4.69, 9.17) is 4.74 Å². The second kappa shape index (κ2) is 6.21. The number of likely N-dealkylation sites (tertiary alicyclic amines) is 1. The predicted molar refractivity (Wildman–Crippen MR) is 64.4 cm³/mol. The molecule has 1 aliphatic heterocycles. The first-order chi connectivity index (χ1) is 7.55. The number of amides is 1. The molecule has 1 rings (SSSR count). The van der Waals surface area contributed by atoms with Gasteiger partial charge in [-0.3, -0.25) is 4.79 Å². The fraction of sp³-hybridized carbons (Fsp3) is 0.917. The van der Waals surface area contributed by atoms with Crippen molar-refractivity contribution in [3.05, 3.63) is 0 Å². The molecule has 0 aliphatic carbocycles. The number of ether oxygens (including phenoxy) is 1. The Bertz CT molecular complexity index is 223. The van der Waals surface area contributed by atoms with E-state index < -0.39 is 0 Å². The largest absolute Gasteiger partial charge is 0.377 e. The first-order valence-electron chi connectivity index (χ1n) is 6.09. The highest BCUT2D eigenvalue weighted by Gasteiger charge is 2.19. The van der Waals surface area contributed by atoms with Crippen LogP contribution in [0.25, 0.3) is 0 Å². The molecule has 94 valence electrons. The van der Waals surface area contributed by atoms with Crippen molar-refractivity contribution in [1.82, 2.24) is 10.2 Å². The van der Waals surface area contributed by atoms with Crippen molar-refractivity contribution in [3.8, 4) is 0 Å². The molecule has 0 aromatic rings. The number of rotatable bonds is 5. The van der Waals surface area contributed by atoms with E-state index in [1.807, 2.05) is 18.7 Å². The van der Waals surface area contributed by atoms with Crippen LogP contribution in [0.2, 0.25) is 0 Å². The zero-order valence-electron chi connectivity index (χ0n) is 10.7. The number of methoxy groups -OCH3 is 1. The van der Waals surface area contributed by atoms with Gasteiger partial charge in [0.2, 0.25) is 5.91 Å². The van der Waals surface area contributed by atoms with Gasteiger partial charge < -0.3 is 15.0 Å². The molecule has 16 heavy (non-hydrogen) atoms. The molecule has 0 saturated carbocycles. The fourth-order valence-electron chi connectivity index (χ4n) is 1.80. The lowest BCUT2D eigenvalue weighted by atomic mass is 10.1.